The Hall–Kier alpha value is -3.79. The molecule has 34 heavy (non-hydrogen) atoms. The van der Waals surface area contributed by atoms with E-state index in [0.29, 0.717) is 19.3 Å². The quantitative estimate of drug-likeness (QED) is 0.547. The molecule has 2 aromatic rings. The molecule has 1 unspecified atom stereocenters. The molecule has 2 aromatic carbocycles. The topological polar surface area (TPSA) is 105 Å². The SMILES string of the molecule is CC#CCC(NC(=O)OCC1c2ccccc2-c2ccccc21)C(=O)N[C@@H]1CC[C@H](C(=O)O)C1. The molecule has 0 radical (unpaired) electrons. The second-order valence-corrected chi connectivity index (χ2v) is 8.71. The number of rotatable bonds is 7. The lowest BCUT2D eigenvalue weighted by Crippen LogP contribution is -2.49. The van der Waals surface area contributed by atoms with E-state index in [2.05, 4.69) is 34.6 Å². The number of hydrogen-bond donors (Lipinski definition) is 3. The summed E-state index contributed by atoms with van der Waals surface area (Å²) in [5.74, 6) is 3.82. The summed E-state index contributed by atoms with van der Waals surface area (Å²) >= 11 is 0. The third-order valence-electron chi connectivity index (χ3n) is 6.56. The lowest BCUT2D eigenvalue weighted by Gasteiger charge is -2.20. The Morgan fingerprint density at radius 3 is 2.29 bits per heavy atom. The van der Waals surface area contributed by atoms with Crippen LogP contribution in [-0.2, 0) is 14.3 Å². The predicted octanol–water partition coefficient (Wildman–Crippen LogP) is 3.68. The van der Waals surface area contributed by atoms with E-state index < -0.39 is 24.0 Å². The molecule has 0 aliphatic heterocycles. The minimum absolute atomic E-state index is 0.0766. The summed E-state index contributed by atoms with van der Waals surface area (Å²) < 4.78 is 5.56. The minimum Gasteiger partial charge on any atom is -0.481 e. The molecule has 7 heteroatoms. The molecule has 7 nitrogen and oxygen atoms in total. The van der Waals surface area contributed by atoms with E-state index in [1.165, 1.54) is 0 Å². The number of carbonyl (C=O) groups excluding carboxylic acids is 2. The number of ether oxygens (including phenoxy) is 1. The summed E-state index contributed by atoms with van der Waals surface area (Å²) in [7, 11) is 0. The molecular weight excluding hydrogens is 432 g/mol. The highest BCUT2D eigenvalue weighted by molar-refractivity contribution is 5.86. The van der Waals surface area contributed by atoms with Crippen LogP contribution >= 0.6 is 0 Å². The van der Waals surface area contributed by atoms with E-state index in [4.69, 9.17) is 4.74 Å². The van der Waals surface area contributed by atoms with E-state index in [1.54, 1.807) is 6.92 Å². The van der Waals surface area contributed by atoms with Gasteiger partial charge in [-0.15, -0.1) is 11.8 Å². The van der Waals surface area contributed by atoms with Crippen molar-refractivity contribution in [2.75, 3.05) is 6.61 Å². The second-order valence-electron chi connectivity index (χ2n) is 8.71. The van der Waals surface area contributed by atoms with Gasteiger partial charge in [-0.05, 0) is 48.4 Å². The molecular formula is C27H28N2O5. The van der Waals surface area contributed by atoms with Crippen LogP contribution in [0.1, 0.15) is 49.7 Å². The van der Waals surface area contributed by atoms with Gasteiger partial charge in [-0.25, -0.2) is 4.79 Å². The number of carboxylic acid groups (broad SMARTS) is 1. The molecule has 3 atom stereocenters. The van der Waals surface area contributed by atoms with Crippen LogP contribution in [0.5, 0.6) is 0 Å². The van der Waals surface area contributed by atoms with Gasteiger partial charge in [-0.2, -0.15) is 0 Å². The van der Waals surface area contributed by atoms with Crippen molar-refractivity contribution in [3.05, 3.63) is 59.7 Å². The number of benzene rings is 2. The lowest BCUT2D eigenvalue weighted by atomic mass is 9.98. The third kappa shape index (κ3) is 5.07. The van der Waals surface area contributed by atoms with Gasteiger partial charge in [-0.1, -0.05) is 48.5 Å². The standard InChI is InChI=1S/C27H28N2O5/c1-2-3-12-24(25(30)28-18-14-13-17(15-18)26(31)32)29-27(33)34-16-23-21-10-6-4-8-19(21)20-9-5-7-11-22(20)23/h4-11,17-18,23-24H,12-16H2,1H3,(H,28,30)(H,29,33)(H,31,32)/t17-,18+,24?/m0/s1. The van der Waals surface area contributed by atoms with E-state index in [1.807, 2.05) is 36.4 Å². The highest BCUT2D eigenvalue weighted by Gasteiger charge is 2.33. The minimum atomic E-state index is -0.882. The Kier molecular flexibility index (Phi) is 7.17. The summed E-state index contributed by atoms with van der Waals surface area (Å²) in [6.45, 7) is 1.81. The van der Waals surface area contributed by atoms with Crippen molar-refractivity contribution < 1.29 is 24.2 Å². The number of carbonyl (C=O) groups is 3. The van der Waals surface area contributed by atoms with Gasteiger partial charge in [0.15, 0.2) is 0 Å². The van der Waals surface area contributed by atoms with Gasteiger partial charge in [0.25, 0.3) is 0 Å². The zero-order valence-electron chi connectivity index (χ0n) is 19.0. The van der Waals surface area contributed by atoms with E-state index >= 15 is 0 Å². The fourth-order valence-electron chi connectivity index (χ4n) is 4.83. The average molecular weight is 461 g/mol. The highest BCUT2D eigenvalue weighted by Crippen LogP contribution is 2.44. The zero-order valence-corrected chi connectivity index (χ0v) is 19.0. The van der Waals surface area contributed by atoms with Crippen LogP contribution < -0.4 is 10.6 Å². The Bertz CT molecular complexity index is 1100. The average Bonchev–Trinajstić information content (AvgIpc) is 3.43. The van der Waals surface area contributed by atoms with Gasteiger partial charge in [0.1, 0.15) is 12.6 Å². The van der Waals surface area contributed by atoms with Crippen LogP contribution in [0.25, 0.3) is 11.1 Å². The molecule has 1 fully saturated rings. The molecule has 0 heterocycles. The van der Waals surface area contributed by atoms with Gasteiger partial charge < -0.3 is 20.5 Å². The molecule has 1 saturated carbocycles. The molecule has 0 saturated heterocycles. The summed E-state index contributed by atoms with van der Waals surface area (Å²) in [4.78, 5) is 36.6. The first-order chi connectivity index (χ1) is 16.5. The maximum atomic E-state index is 12.8. The monoisotopic (exact) mass is 460 g/mol. The van der Waals surface area contributed by atoms with Crippen molar-refractivity contribution in [1.29, 1.82) is 0 Å². The number of amides is 2. The smallest absolute Gasteiger partial charge is 0.407 e. The van der Waals surface area contributed by atoms with Crippen LogP contribution in [0, 0.1) is 17.8 Å². The number of nitrogens with one attached hydrogen (secondary N) is 2. The number of alkyl carbamates (subject to hydrolysis) is 1. The number of carboxylic acids is 1. The number of aliphatic carboxylic acids is 1. The van der Waals surface area contributed by atoms with Crippen LogP contribution in [0.15, 0.2) is 48.5 Å². The normalized spacial score (nSPS) is 19.2. The van der Waals surface area contributed by atoms with Gasteiger partial charge in [0, 0.05) is 18.4 Å². The molecule has 2 aliphatic rings. The van der Waals surface area contributed by atoms with Gasteiger partial charge in [-0.3, -0.25) is 9.59 Å². The summed E-state index contributed by atoms with van der Waals surface area (Å²) in [6, 6.07) is 15.0. The largest absolute Gasteiger partial charge is 0.481 e. The first-order valence-corrected chi connectivity index (χ1v) is 11.5. The van der Waals surface area contributed by atoms with Crippen molar-refractivity contribution in [1.82, 2.24) is 10.6 Å². The lowest BCUT2D eigenvalue weighted by molar-refractivity contribution is -0.141. The second kappa shape index (κ2) is 10.4. The van der Waals surface area contributed by atoms with Crippen LogP contribution in [0.2, 0.25) is 0 Å². The summed E-state index contributed by atoms with van der Waals surface area (Å²) in [6.07, 6.45) is 0.967. The third-order valence-corrected chi connectivity index (χ3v) is 6.56. The van der Waals surface area contributed by atoms with E-state index in [9.17, 15) is 19.5 Å². The van der Waals surface area contributed by atoms with Crippen molar-refractivity contribution in [2.45, 2.75) is 50.6 Å². The van der Waals surface area contributed by atoms with Gasteiger partial charge >= 0.3 is 12.1 Å². The Balaban J connectivity index is 1.37. The number of fused-ring (bicyclic) bond motifs is 3. The zero-order chi connectivity index (χ0) is 24.1. The molecule has 4 rings (SSSR count). The Labute approximate surface area is 198 Å². The van der Waals surface area contributed by atoms with Crippen molar-refractivity contribution in [3.63, 3.8) is 0 Å². The molecule has 0 spiro atoms. The summed E-state index contributed by atoms with van der Waals surface area (Å²) in [5, 5.41) is 14.7. The van der Waals surface area contributed by atoms with Crippen LogP contribution in [0.3, 0.4) is 0 Å². The molecule has 2 amide bonds. The molecule has 0 bridgehead atoms. The molecule has 3 N–H and O–H groups in total. The highest BCUT2D eigenvalue weighted by atomic mass is 16.5. The number of hydrogen-bond acceptors (Lipinski definition) is 4. The maximum Gasteiger partial charge on any atom is 0.407 e. The fraction of sp³-hybridized carbons (Fsp3) is 0.370. The van der Waals surface area contributed by atoms with Crippen LogP contribution in [0.4, 0.5) is 4.79 Å². The van der Waals surface area contributed by atoms with Crippen molar-refractivity contribution >= 4 is 18.0 Å². The Morgan fingerprint density at radius 2 is 1.71 bits per heavy atom. The van der Waals surface area contributed by atoms with E-state index in [-0.39, 0.29) is 30.9 Å². The fourth-order valence-corrected chi connectivity index (χ4v) is 4.83. The first kappa shape index (κ1) is 23.4. The Morgan fingerprint density at radius 1 is 1.06 bits per heavy atom. The van der Waals surface area contributed by atoms with E-state index in [0.717, 1.165) is 22.3 Å². The molecule has 0 aromatic heterocycles. The maximum absolute atomic E-state index is 12.8. The van der Waals surface area contributed by atoms with Crippen LogP contribution in [-0.4, -0.2) is 41.8 Å². The van der Waals surface area contributed by atoms with Crippen molar-refractivity contribution in [3.8, 4) is 23.0 Å². The van der Waals surface area contributed by atoms with Gasteiger partial charge in [0.2, 0.25) is 5.91 Å². The first-order valence-electron chi connectivity index (χ1n) is 11.5. The van der Waals surface area contributed by atoms with Crippen molar-refractivity contribution in [2.24, 2.45) is 5.92 Å². The summed E-state index contributed by atoms with van der Waals surface area (Å²) in [5.41, 5.74) is 4.49. The van der Waals surface area contributed by atoms with Gasteiger partial charge in [0.05, 0.1) is 5.92 Å². The predicted molar refractivity (Wildman–Crippen MR) is 127 cm³/mol. The molecule has 2 aliphatic carbocycles. The molecule has 176 valence electrons.